The lowest BCUT2D eigenvalue weighted by Gasteiger charge is -2.43. The molecule has 11 nitrogen and oxygen atoms in total. The Morgan fingerprint density at radius 1 is 0.804 bits per heavy atom. The molecule has 0 saturated heterocycles. The lowest BCUT2D eigenvalue weighted by molar-refractivity contribution is -0.155. The lowest BCUT2D eigenvalue weighted by atomic mass is 9.98. The first-order valence-corrected chi connectivity index (χ1v) is 18.9. The summed E-state index contributed by atoms with van der Waals surface area (Å²) in [6, 6.07) is 28.9. The molecule has 0 unspecified atom stereocenters. The molecule has 1 aliphatic rings. The van der Waals surface area contributed by atoms with Crippen LogP contribution in [0.1, 0.15) is 52.9 Å². The zero-order valence-corrected chi connectivity index (χ0v) is 32.3. The molecule has 7 rings (SSSR count). The quantitative estimate of drug-likeness (QED) is 0.109. The number of methoxy groups -OCH3 is 2. The highest BCUT2D eigenvalue weighted by Gasteiger charge is 2.32. The molecule has 0 bridgehead atoms. The van der Waals surface area contributed by atoms with E-state index in [2.05, 4.69) is 32.4 Å². The first kappa shape index (κ1) is 38.0. The van der Waals surface area contributed by atoms with Gasteiger partial charge in [0.05, 0.1) is 20.3 Å². The third-order valence-corrected chi connectivity index (χ3v) is 10.5. The number of ether oxygens (including phenoxy) is 2. The van der Waals surface area contributed by atoms with Crippen molar-refractivity contribution in [3.05, 3.63) is 137 Å². The number of hydrogen-bond donors (Lipinski definition) is 3. The summed E-state index contributed by atoms with van der Waals surface area (Å²) in [6.07, 6.45) is 7.37. The van der Waals surface area contributed by atoms with Crippen molar-refractivity contribution in [3.8, 4) is 11.5 Å². The molecule has 11 heteroatoms. The number of benzene rings is 4. The van der Waals surface area contributed by atoms with Crippen molar-refractivity contribution < 1.29 is 23.9 Å². The smallest absolute Gasteiger partial charge is 0.251 e. The van der Waals surface area contributed by atoms with Crippen molar-refractivity contribution in [2.45, 2.75) is 45.8 Å². The Bertz CT molecular complexity index is 2360. The van der Waals surface area contributed by atoms with Crippen molar-refractivity contribution in [2.75, 3.05) is 33.9 Å². The molecular formula is C45H48N6O5. The predicted molar refractivity (Wildman–Crippen MR) is 219 cm³/mol. The molecular weight excluding hydrogens is 705 g/mol. The van der Waals surface area contributed by atoms with E-state index in [0.717, 1.165) is 49.6 Å². The fraction of sp³-hybridized carbons (Fsp3) is 0.267. The maximum atomic E-state index is 13.8. The van der Waals surface area contributed by atoms with E-state index < -0.39 is 0 Å². The van der Waals surface area contributed by atoms with Crippen LogP contribution in [0.5, 0.6) is 11.5 Å². The fourth-order valence-corrected chi connectivity index (χ4v) is 7.71. The number of hydrazine groups is 1. The number of hydrogen-bond acceptors (Lipinski definition) is 6. The number of nitrogens with one attached hydrogen (secondary N) is 3. The zero-order valence-electron chi connectivity index (χ0n) is 32.3. The average Bonchev–Trinajstić information content (AvgIpc) is 3.84. The highest BCUT2D eigenvalue weighted by molar-refractivity contribution is 6.01. The van der Waals surface area contributed by atoms with Gasteiger partial charge in [0.25, 0.3) is 5.91 Å². The Morgan fingerprint density at radius 3 is 2.21 bits per heavy atom. The number of fused-ring (bicyclic) bond motifs is 2. The fourth-order valence-electron chi connectivity index (χ4n) is 7.71. The minimum atomic E-state index is -0.372. The van der Waals surface area contributed by atoms with E-state index in [0.29, 0.717) is 62.6 Å². The molecule has 4 aromatic carbocycles. The summed E-state index contributed by atoms with van der Waals surface area (Å²) in [5.41, 5.74) is 7.71. The molecule has 2 aromatic heterocycles. The maximum Gasteiger partial charge on any atom is 0.251 e. The number of carbonyl (C=O) groups excluding carboxylic acids is 3. The van der Waals surface area contributed by atoms with E-state index in [9.17, 15) is 14.4 Å². The third kappa shape index (κ3) is 8.48. The molecule has 0 fully saturated rings. The van der Waals surface area contributed by atoms with E-state index in [1.807, 2.05) is 96.3 Å². The summed E-state index contributed by atoms with van der Waals surface area (Å²) < 4.78 is 11.0. The van der Waals surface area contributed by atoms with Gasteiger partial charge < -0.3 is 29.7 Å². The normalized spacial score (nSPS) is 13.6. The Morgan fingerprint density at radius 2 is 1.52 bits per heavy atom. The van der Waals surface area contributed by atoms with Crippen molar-refractivity contribution in [2.24, 2.45) is 0 Å². The Kier molecular flexibility index (Phi) is 11.5. The van der Waals surface area contributed by atoms with Crippen LogP contribution in [0.25, 0.3) is 27.4 Å². The van der Waals surface area contributed by atoms with Crippen molar-refractivity contribution in [3.63, 3.8) is 0 Å². The molecule has 56 heavy (non-hydrogen) atoms. The molecule has 3 heterocycles. The van der Waals surface area contributed by atoms with E-state index in [1.54, 1.807) is 39.0 Å². The second-order valence-corrected chi connectivity index (χ2v) is 14.2. The molecule has 3 amide bonds. The van der Waals surface area contributed by atoms with E-state index in [1.165, 1.54) is 0 Å². The molecule has 1 aliphatic heterocycles. The predicted octanol–water partition coefficient (Wildman–Crippen LogP) is 7.11. The molecule has 1 atom stereocenters. The van der Waals surface area contributed by atoms with Gasteiger partial charge in [0.15, 0.2) is 0 Å². The summed E-state index contributed by atoms with van der Waals surface area (Å²) in [4.78, 5) is 48.8. The molecule has 0 radical (unpaired) electrons. The minimum Gasteiger partial charge on any atom is -0.497 e. The molecule has 3 N–H and O–H groups in total. The van der Waals surface area contributed by atoms with Gasteiger partial charge in [0.1, 0.15) is 11.5 Å². The summed E-state index contributed by atoms with van der Waals surface area (Å²) in [7, 11) is 3.20. The Labute approximate surface area is 326 Å². The van der Waals surface area contributed by atoms with Gasteiger partial charge in [-0.15, -0.1) is 0 Å². The van der Waals surface area contributed by atoms with Gasteiger partial charge in [-0.05, 0) is 71.5 Å². The van der Waals surface area contributed by atoms with Gasteiger partial charge in [-0.25, -0.2) is 5.01 Å². The van der Waals surface area contributed by atoms with Gasteiger partial charge in [-0.2, -0.15) is 0 Å². The van der Waals surface area contributed by atoms with Crippen molar-refractivity contribution >= 4 is 45.1 Å². The number of aromatic nitrogens is 2. The van der Waals surface area contributed by atoms with Crippen LogP contribution in [-0.2, 0) is 29.1 Å². The molecule has 0 spiro atoms. The number of carbonyl (C=O) groups is 3. The van der Waals surface area contributed by atoms with Gasteiger partial charge >= 0.3 is 0 Å². The van der Waals surface area contributed by atoms with Crippen LogP contribution in [0.4, 0.5) is 0 Å². The SMILES string of the molecule is COc1cc(CN(C[C@@H](Cc2c[nH]c3ccccc23)N(C(C)=O)N2CC=C(c3c[nH]c4ccc(C(=O)NCc5ccccc5)cc34)CC2)C(C)=O)cc(OC)c1. The van der Waals surface area contributed by atoms with Crippen LogP contribution < -0.4 is 14.8 Å². The summed E-state index contributed by atoms with van der Waals surface area (Å²) >= 11 is 0. The Hall–Kier alpha value is -6.33. The molecule has 6 aromatic rings. The van der Waals surface area contributed by atoms with Crippen LogP contribution in [0, 0.1) is 0 Å². The second-order valence-electron chi connectivity index (χ2n) is 14.2. The third-order valence-electron chi connectivity index (χ3n) is 10.5. The summed E-state index contributed by atoms with van der Waals surface area (Å²) in [5.74, 6) is 0.939. The first-order chi connectivity index (χ1) is 27.2. The van der Waals surface area contributed by atoms with Gasteiger partial charge in [-0.3, -0.25) is 19.4 Å². The number of rotatable bonds is 14. The number of aromatic amines is 2. The summed E-state index contributed by atoms with van der Waals surface area (Å²) in [5, 5.41) is 9.04. The Balaban J connectivity index is 1.15. The number of para-hydroxylation sites is 1. The van der Waals surface area contributed by atoms with Crippen LogP contribution in [0.15, 0.2) is 109 Å². The molecule has 0 saturated carbocycles. The number of H-pyrrole nitrogens is 2. The highest BCUT2D eigenvalue weighted by Crippen LogP contribution is 2.32. The zero-order chi connectivity index (χ0) is 39.2. The molecule has 0 aliphatic carbocycles. The molecule has 288 valence electrons. The first-order valence-electron chi connectivity index (χ1n) is 18.9. The highest BCUT2D eigenvalue weighted by atomic mass is 16.5. The second kappa shape index (κ2) is 17.0. The lowest BCUT2D eigenvalue weighted by Crippen LogP contribution is -2.57. The van der Waals surface area contributed by atoms with Gasteiger partial charge in [0.2, 0.25) is 11.8 Å². The van der Waals surface area contributed by atoms with Crippen LogP contribution >= 0.6 is 0 Å². The van der Waals surface area contributed by atoms with Crippen molar-refractivity contribution in [1.29, 1.82) is 0 Å². The average molecular weight is 753 g/mol. The van der Waals surface area contributed by atoms with Gasteiger partial charge in [0, 0.05) is 98.0 Å². The topological polar surface area (TPSA) is 123 Å². The van der Waals surface area contributed by atoms with Gasteiger partial charge in [-0.1, -0.05) is 54.6 Å². The number of nitrogens with zero attached hydrogens (tertiary/aromatic N) is 3. The standard InChI is InChI=1S/C45H48N6O5/c1-30(52)49(28-33-20-38(55-3)24-39(21-33)56-4)29-37(22-36-26-46-43-13-9-8-12-40(36)43)51(31(2)53)50-18-16-34(17-19-50)42-27-47-44-15-14-35(23-41(42)44)45(54)48-25-32-10-6-5-7-11-32/h5-16,20-21,23-24,26-27,37,46-47H,17-19,22,25,28-29H2,1-4H3,(H,48,54)/t37-/m1/s1. The van der Waals surface area contributed by atoms with Crippen LogP contribution in [-0.4, -0.2) is 82.5 Å². The van der Waals surface area contributed by atoms with Crippen LogP contribution in [0.2, 0.25) is 0 Å². The monoisotopic (exact) mass is 752 g/mol. The number of amides is 3. The van der Waals surface area contributed by atoms with Crippen molar-refractivity contribution in [1.82, 2.24) is 30.2 Å². The van der Waals surface area contributed by atoms with E-state index in [4.69, 9.17) is 9.47 Å². The largest absolute Gasteiger partial charge is 0.497 e. The minimum absolute atomic E-state index is 0.100. The van der Waals surface area contributed by atoms with E-state index in [-0.39, 0.29) is 23.8 Å². The van der Waals surface area contributed by atoms with Crippen LogP contribution in [0.3, 0.4) is 0 Å². The van der Waals surface area contributed by atoms with E-state index >= 15 is 0 Å². The summed E-state index contributed by atoms with van der Waals surface area (Å²) in [6.45, 7) is 5.31. The maximum absolute atomic E-state index is 13.8.